The SMILES string of the molecule is Cc1ccc(C)c(OCC(=O)Nc2ccccc2SCc2cc(=O)n3oc(C)cc3n2)c1. The number of rotatable bonds is 7. The van der Waals surface area contributed by atoms with Gasteiger partial charge in [0.15, 0.2) is 12.3 Å². The summed E-state index contributed by atoms with van der Waals surface area (Å²) in [7, 11) is 0. The van der Waals surface area contributed by atoms with Crippen molar-refractivity contribution >= 4 is 29.0 Å². The molecule has 1 amide bonds. The van der Waals surface area contributed by atoms with E-state index in [1.54, 1.807) is 13.0 Å². The Morgan fingerprint density at radius 3 is 2.78 bits per heavy atom. The maximum Gasteiger partial charge on any atom is 0.287 e. The monoisotopic (exact) mass is 449 g/mol. The van der Waals surface area contributed by atoms with Gasteiger partial charge in [0.1, 0.15) is 11.5 Å². The fraction of sp³-hybridized carbons (Fsp3) is 0.208. The zero-order valence-electron chi connectivity index (χ0n) is 18.0. The second-order valence-corrected chi connectivity index (χ2v) is 8.49. The van der Waals surface area contributed by atoms with Gasteiger partial charge in [0, 0.05) is 22.8 Å². The number of ether oxygens (including phenoxy) is 1. The molecule has 0 bridgehead atoms. The molecule has 4 rings (SSSR count). The van der Waals surface area contributed by atoms with Crippen LogP contribution in [0.15, 0.2) is 68.8 Å². The number of para-hydroxylation sites is 1. The number of carbonyl (C=O) groups excluding carboxylic acids is 1. The van der Waals surface area contributed by atoms with Crippen LogP contribution in [0.3, 0.4) is 0 Å². The van der Waals surface area contributed by atoms with Gasteiger partial charge in [-0.3, -0.25) is 9.59 Å². The molecular formula is C24H23N3O4S. The number of hydrogen-bond donors (Lipinski definition) is 1. The molecule has 8 heteroatoms. The van der Waals surface area contributed by atoms with Crippen molar-refractivity contribution in [3.8, 4) is 5.75 Å². The predicted octanol–water partition coefficient (Wildman–Crippen LogP) is 4.52. The Morgan fingerprint density at radius 1 is 1.12 bits per heavy atom. The van der Waals surface area contributed by atoms with E-state index >= 15 is 0 Å². The van der Waals surface area contributed by atoms with Crippen molar-refractivity contribution in [3.05, 3.63) is 87.5 Å². The Hall–Kier alpha value is -3.52. The van der Waals surface area contributed by atoms with Gasteiger partial charge < -0.3 is 14.6 Å². The van der Waals surface area contributed by atoms with E-state index in [0.29, 0.717) is 34.3 Å². The summed E-state index contributed by atoms with van der Waals surface area (Å²) in [6.07, 6.45) is 0. The molecule has 2 aromatic carbocycles. The molecule has 0 radical (unpaired) electrons. The van der Waals surface area contributed by atoms with Crippen molar-refractivity contribution in [2.24, 2.45) is 0 Å². The topological polar surface area (TPSA) is 85.8 Å². The van der Waals surface area contributed by atoms with Crippen LogP contribution in [-0.4, -0.2) is 22.1 Å². The first-order valence-corrected chi connectivity index (χ1v) is 11.1. The Balaban J connectivity index is 1.42. The molecule has 0 atom stereocenters. The van der Waals surface area contributed by atoms with E-state index in [4.69, 9.17) is 9.26 Å². The Bertz CT molecular complexity index is 1340. The molecule has 0 aliphatic carbocycles. The van der Waals surface area contributed by atoms with E-state index in [1.165, 1.54) is 22.4 Å². The Kier molecular flexibility index (Phi) is 6.32. The minimum absolute atomic E-state index is 0.0852. The Labute approximate surface area is 189 Å². The van der Waals surface area contributed by atoms with Gasteiger partial charge >= 0.3 is 0 Å². The molecule has 0 saturated carbocycles. The molecule has 1 N–H and O–H groups in total. The van der Waals surface area contributed by atoms with Crippen molar-refractivity contribution in [1.29, 1.82) is 0 Å². The maximum absolute atomic E-state index is 12.5. The summed E-state index contributed by atoms with van der Waals surface area (Å²) in [6.45, 7) is 5.61. The predicted molar refractivity (Wildman–Crippen MR) is 125 cm³/mol. The van der Waals surface area contributed by atoms with Gasteiger partial charge in [0.25, 0.3) is 11.5 Å². The first-order chi connectivity index (χ1) is 15.4. The van der Waals surface area contributed by atoms with Crippen LogP contribution in [0.1, 0.15) is 22.6 Å². The van der Waals surface area contributed by atoms with Gasteiger partial charge in [-0.15, -0.1) is 16.3 Å². The van der Waals surface area contributed by atoms with E-state index in [-0.39, 0.29) is 18.1 Å². The zero-order valence-corrected chi connectivity index (χ0v) is 18.9. The van der Waals surface area contributed by atoms with Gasteiger partial charge in [-0.25, -0.2) is 4.98 Å². The van der Waals surface area contributed by atoms with E-state index in [1.807, 2.05) is 56.3 Å². The highest BCUT2D eigenvalue weighted by molar-refractivity contribution is 7.98. The molecule has 7 nitrogen and oxygen atoms in total. The highest BCUT2D eigenvalue weighted by Crippen LogP contribution is 2.29. The second kappa shape index (κ2) is 9.32. The van der Waals surface area contributed by atoms with Crippen molar-refractivity contribution in [1.82, 2.24) is 9.56 Å². The third kappa shape index (κ3) is 5.03. The van der Waals surface area contributed by atoms with Gasteiger partial charge in [-0.1, -0.05) is 24.3 Å². The van der Waals surface area contributed by atoms with Crippen LogP contribution in [0.5, 0.6) is 5.75 Å². The number of benzene rings is 2. The molecule has 0 unspecified atom stereocenters. The van der Waals surface area contributed by atoms with Gasteiger partial charge in [-0.05, 0) is 50.1 Å². The maximum atomic E-state index is 12.5. The van der Waals surface area contributed by atoms with Crippen LogP contribution in [0.2, 0.25) is 0 Å². The minimum atomic E-state index is -0.260. The fourth-order valence-corrected chi connectivity index (χ4v) is 4.09. The number of aryl methyl sites for hydroxylation is 3. The fourth-order valence-electron chi connectivity index (χ4n) is 3.19. The average Bonchev–Trinajstić information content (AvgIpc) is 3.14. The lowest BCUT2D eigenvalue weighted by Crippen LogP contribution is -2.20. The number of nitrogens with one attached hydrogen (secondary N) is 1. The van der Waals surface area contributed by atoms with Crippen LogP contribution >= 0.6 is 11.8 Å². The quantitative estimate of drug-likeness (QED) is 0.418. The largest absolute Gasteiger partial charge is 0.483 e. The molecule has 0 aliphatic heterocycles. The summed E-state index contributed by atoms with van der Waals surface area (Å²) in [5.74, 6) is 1.55. The van der Waals surface area contributed by atoms with Crippen molar-refractivity contribution < 1.29 is 14.1 Å². The van der Waals surface area contributed by atoms with Gasteiger partial charge in [0.05, 0.1) is 11.4 Å². The number of fused-ring (bicyclic) bond motifs is 1. The average molecular weight is 450 g/mol. The molecular weight excluding hydrogens is 426 g/mol. The van der Waals surface area contributed by atoms with E-state index in [9.17, 15) is 9.59 Å². The van der Waals surface area contributed by atoms with Crippen molar-refractivity contribution in [2.75, 3.05) is 11.9 Å². The van der Waals surface area contributed by atoms with Gasteiger partial charge in [-0.2, -0.15) is 0 Å². The first kappa shape index (κ1) is 21.7. The third-order valence-corrected chi connectivity index (χ3v) is 5.87. The van der Waals surface area contributed by atoms with Gasteiger partial charge in [0.2, 0.25) is 0 Å². The Morgan fingerprint density at radius 2 is 1.94 bits per heavy atom. The smallest absolute Gasteiger partial charge is 0.287 e. The molecule has 0 fully saturated rings. The molecule has 0 spiro atoms. The molecule has 0 saturated heterocycles. The van der Waals surface area contributed by atoms with Crippen LogP contribution in [0, 0.1) is 20.8 Å². The highest BCUT2D eigenvalue weighted by atomic mass is 32.2. The lowest BCUT2D eigenvalue weighted by Gasteiger charge is -2.12. The molecule has 164 valence electrons. The molecule has 32 heavy (non-hydrogen) atoms. The molecule has 2 aromatic heterocycles. The summed E-state index contributed by atoms with van der Waals surface area (Å²) in [4.78, 5) is 30.1. The second-order valence-electron chi connectivity index (χ2n) is 7.48. The van der Waals surface area contributed by atoms with Crippen LogP contribution in [0.25, 0.3) is 5.65 Å². The number of hydrogen-bond acceptors (Lipinski definition) is 6. The van der Waals surface area contributed by atoms with E-state index in [2.05, 4.69) is 10.3 Å². The number of carbonyl (C=O) groups is 1. The molecule has 0 aliphatic rings. The van der Waals surface area contributed by atoms with Crippen molar-refractivity contribution in [3.63, 3.8) is 0 Å². The third-order valence-electron chi connectivity index (χ3n) is 4.76. The number of aromatic nitrogens is 2. The van der Waals surface area contributed by atoms with Crippen LogP contribution in [-0.2, 0) is 10.5 Å². The lowest BCUT2D eigenvalue weighted by molar-refractivity contribution is -0.118. The normalized spacial score (nSPS) is 11.0. The minimum Gasteiger partial charge on any atom is -0.483 e. The highest BCUT2D eigenvalue weighted by Gasteiger charge is 2.11. The summed E-state index contributed by atoms with van der Waals surface area (Å²) >= 11 is 1.49. The summed E-state index contributed by atoms with van der Waals surface area (Å²) in [6, 6.07) is 16.6. The molecule has 4 aromatic rings. The van der Waals surface area contributed by atoms with Crippen LogP contribution < -0.4 is 15.6 Å². The van der Waals surface area contributed by atoms with Crippen molar-refractivity contribution in [2.45, 2.75) is 31.4 Å². The van der Waals surface area contributed by atoms with E-state index < -0.39 is 0 Å². The summed E-state index contributed by atoms with van der Waals surface area (Å²) in [5.41, 5.74) is 3.60. The van der Waals surface area contributed by atoms with E-state index in [0.717, 1.165) is 16.0 Å². The number of amides is 1. The molecule has 2 heterocycles. The number of anilines is 1. The summed E-state index contributed by atoms with van der Waals surface area (Å²) < 4.78 is 12.2. The number of thioether (sulfide) groups is 1. The standard InChI is InChI=1S/C24H23N3O4S/c1-15-8-9-16(2)20(10-15)30-13-23(28)26-19-6-4-5-7-21(19)32-14-18-12-24(29)27-22(25-18)11-17(3)31-27/h4-12H,13-14H2,1-3H3,(H,26,28). The number of nitrogens with zero attached hydrogens (tertiary/aromatic N) is 2. The van der Waals surface area contributed by atoms with Crippen LogP contribution in [0.4, 0.5) is 5.69 Å². The zero-order chi connectivity index (χ0) is 22.7. The summed E-state index contributed by atoms with van der Waals surface area (Å²) in [5, 5.41) is 2.91. The first-order valence-electron chi connectivity index (χ1n) is 10.1. The lowest BCUT2D eigenvalue weighted by atomic mass is 10.1.